The van der Waals surface area contributed by atoms with Crippen LogP contribution in [-0.2, 0) is 23.6 Å². The highest BCUT2D eigenvalue weighted by Gasteiger charge is 2.54. The predicted octanol–water partition coefficient (Wildman–Crippen LogP) is 5.17. The summed E-state index contributed by atoms with van der Waals surface area (Å²) in [5.41, 5.74) is -2.81. The first-order valence-electron chi connectivity index (χ1n) is 7.97. The smallest absolute Gasteiger partial charge is 0.409 e. The van der Waals surface area contributed by atoms with Crippen LogP contribution in [0.1, 0.15) is 16.7 Å². The molecule has 1 aliphatic rings. The molecule has 0 fully saturated rings. The van der Waals surface area contributed by atoms with Gasteiger partial charge >= 0.3 is 24.6 Å². The van der Waals surface area contributed by atoms with Gasteiger partial charge in [0, 0.05) is 17.8 Å². The molecule has 0 saturated heterocycles. The average molecular weight is 442 g/mol. The van der Waals surface area contributed by atoms with E-state index in [2.05, 4.69) is 20.1 Å². The number of nitrogens with one attached hydrogen (secondary N) is 2. The SMILES string of the molecule is O=C(NCc1ccc(C(F)(F)F)cc1F)Nc1ccc2c(c1)C(F)(F)OC(F)(F)O2. The van der Waals surface area contributed by atoms with Gasteiger partial charge in [-0.25, -0.2) is 13.9 Å². The van der Waals surface area contributed by atoms with Crippen molar-refractivity contribution < 1.29 is 49.4 Å². The number of carbonyl (C=O) groups excluding carboxylic acids is 1. The summed E-state index contributed by atoms with van der Waals surface area (Å²) >= 11 is 0. The minimum atomic E-state index is -4.74. The van der Waals surface area contributed by atoms with E-state index in [0.29, 0.717) is 12.1 Å². The van der Waals surface area contributed by atoms with E-state index in [1.165, 1.54) is 0 Å². The molecular formula is C17H10F8N2O3. The van der Waals surface area contributed by atoms with E-state index in [0.717, 1.165) is 18.2 Å². The van der Waals surface area contributed by atoms with E-state index in [-0.39, 0.29) is 17.3 Å². The molecule has 2 aromatic carbocycles. The topological polar surface area (TPSA) is 59.6 Å². The second kappa shape index (κ2) is 7.31. The first kappa shape index (κ1) is 21.6. The maximum atomic E-state index is 13.8. The predicted molar refractivity (Wildman–Crippen MR) is 84.3 cm³/mol. The van der Waals surface area contributed by atoms with E-state index >= 15 is 0 Å². The van der Waals surface area contributed by atoms with Gasteiger partial charge in [0.05, 0.1) is 11.1 Å². The van der Waals surface area contributed by atoms with Gasteiger partial charge in [-0.05, 0) is 30.3 Å². The van der Waals surface area contributed by atoms with Gasteiger partial charge in [0.25, 0.3) is 0 Å². The number of fused-ring (bicyclic) bond motifs is 1. The lowest BCUT2D eigenvalue weighted by atomic mass is 10.1. The number of alkyl halides is 7. The number of urea groups is 1. The summed E-state index contributed by atoms with van der Waals surface area (Å²) in [5, 5.41) is 4.21. The molecule has 1 heterocycles. The van der Waals surface area contributed by atoms with E-state index < -0.39 is 53.8 Å². The van der Waals surface area contributed by atoms with Crippen LogP contribution in [0.15, 0.2) is 36.4 Å². The second-order valence-corrected chi connectivity index (χ2v) is 6.01. The number of anilines is 1. The van der Waals surface area contributed by atoms with Crippen molar-refractivity contribution in [1.82, 2.24) is 5.32 Å². The fraction of sp³-hybridized carbons (Fsp3) is 0.235. The summed E-state index contributed by atoms with van der Waals surface area (Å²) in [6.45, 7) is -0.519. The summed E-state index contributed by atoms with van der Waals surface area (Å²) in [6, 6.07) is 3.05. The van der Waals surface area contributed by atoms with Crippen molar-refractivity contribution in [3.05, 3.63) is 58.9 Å². The molecule has 0 spiro atoms. The molecule has 162 valence electrons. The van der Waals surface area contributed by atoms with Crippen LogP contribution in [0, 0.1) is 5.82 Å². The number of hydrogen-bond donors (Lipinski definition) is 2. The third kappa shape index (κ3) is 4.72. The second-order valence-electron chi connectivity index (χ2n) is 6.01. The lowest BCUT2D eigenvalue weighted by molar-refractivity contribution is -0.461. The molecule has 0 atom stereocenters. The van der Waals surface area contributed by atoms with Crippen LogP contribution in [-0.4, -0.2) is 12.3 Å². The molecule has 30 heavy (non-hydrogen) atoms. The zero-order valence-corrected chi connectivity index (χ0v) is 14.4. The van der Waals surface area contributed by atoms with Crippen LogP contribution in [0.3, 0.4) is 0 Å². The Hall–Kier alpha value is -3.09. The van der Waals surface area contributed by atoms with Gasteiger partial charge in [0.2, 0.25) is 0 Å². The monoisotopic (exact) mass is 442 g/mol. The number of rotatable bonds is 3. The Morgan fingerprint density at radius 1 is 1.03 bits per heavy atom. The van der Waals surface area contributed by atoms with Crippen LogP contribution < -0.4 is 15.4 Å². The first-order valence-corrected chi connectivity index (χ1v) is 7.97. The lowest BCUT2D eigenvalue weighted by Crippen LogP contribution is -2.41. The van der Waals surface area contributed by atoms with Gasteiger partial charge in [0.1, 0.15) is 11.6 Å². The van der Waals surface area contributed by atoms with Gasteiger partial charge in [-0.2, -0.15) is 22.0 Å². The Balaban J connectivity index is 1.66. The average Bonchev–Trinajstić information content (AvgIpc) is 2.59. The van der Waals surface area contributed by atoms with Crippen molar-refractivity contribution in [3.8, 4) is 5.75 Å². The van der Waals surface area contributed by atoms with Crippen molar-refractivity contribution in [2.45, 2.75) is 25.1 Å². The van der Waals surface area contributed by atoms with Crippen LogP contribution in [0.4, 0.5) is 45.6 Å². The van der Waals surface area contributed by atoms with E-state index in [4.69, 9.17) is 0 Å². The minimum absolute atomic E-state index is 0.260. The zero-order valence-electron chi connectivity index (χ0n) is 14.4. The molecule has 0 aliphatic carbocycles. The van der Waals surface area contributed by atoms with Crippen LogP contribution in [0.25, 0.3) is 0 Å². The molecule has 2 N–H and O–H groups in total. The summed E-state index contributed by atoms with van der Waals surface area (Å²) < 4.78 is 112. The Labute approximate surface area is 162 Å². The largest absolute Gasteiger partial charge is 0.540 e. The van der Waals surface area contributed by atoms with Crippen molar-refractivity contribution in [3.63, 3.8) is 0 Å². The Kier molecular flexibility index (Phi) is 5.26. The Morgan fingerprint density at radius 2 is 1.73 bits per heavy atom. The van der Waals surface area contributed by atoms with Gasteiger partial charge in [0.15, 0.2) is 0 Å². The molecule has 0 unspecified atom stereocenters. The number of carbonyl (C=O) groups is 1. The normalized spacial score (nSPS) is 16.9. The van der Waals surface area contributed by atoms with Gasteiger partial charge in [-0.3, -0.25) is 0 Å². The fourth-order valence-electron chi connectivity index (χ4n) is 2.50. The molecule has 2 amide bonds. The minimum Gasteiger partial charge on any atom is -0.409 e. The quantitative estimate of drug-likeness (QED) is 0.645. The molecule has 0 radical (unpaired) electrons. The molecular weight excluding hydrogens is 432 g/mol. The van der Waals surface area contributed by atoms with Crippen molar-refractivity contribution >= 4 is 11.7 Å². The number of ether oxygens (including phenoxy) is 2. The van der Waals surface area contributed by atoms with Gasteiger partial charge in [-0.15, -0.1) is 8.78 Å². The summed E-state index contributed by atoms with van der Waals surface area (Å²) in [7, 11) is 0. The molecule has 0 saturated carbocycles. The van der Waals surface area contributed by atoms with Gasteiger partial charge in [-0.1, -0.05) is 6.07 Å². The molecule has 0 bridgehead atoms. The third-order valence-electron chi connectivity index (χ3n) is 3.85. The summed E-state index contributed by atoms with van der Waals surface area (Å²) in [6.07, 6.45) is -13.7. The third-order valence-corrected chi connectivity index (χ3v) is 3.85. The summed E-state index contributed by atoms with van der Waals surface area (Å²) in [4.78, 5) is 11.9. The first-order chi connectivity index (χ1) is 13.8. The van der Waals surface area contributed by atoms with E-state index in [9.17, 15) is 39.9 Å². The fourth-order valence-corrected chi connectivity index (χ4v) is 2.50. The maximum absolute atomic E-state index is 13.8. The number of hydrogen-bond acceptors (Lipinski definition) is 3. The zero-order chi connectivity index (χ0) is 22.3. The van der Waals surface area contributed by atoms with E-state index in [1.807, 2.05) is 0 Å². The lowest BCUT2D eigenvalue weighted by Gasteiger charge is -2.30. The number of amides is 2. The van der Waals surface area contributed by atoms with Crippen molar-refractivity contribution in [2.75, 3.05) is 5.32 Å². The summed E-state index contributed by atoms with van der Waals surface area (Å²) in [5.74, 6) is -2.08. The van der Waals surface area contributed by atoms with Crippen molar-refractivity contribution in [1.29, 1.82) is 0 Å². The van der Waals surface area contributed by atoms with Crippen molar-refractivity contribution in [2.24, 2.45) is 0 Å². The highest BCUT2D eigenvalue weighted by Crippen LogP contribution is 2.46. The molecule has 13 heteroatoms. The number of benzene rings is 2. The molecule has 0 aromatic heterocycles. The number of halogens is 8. The highest BCUT2D eigenvalue weighted by atomic mass is 19.4. The van der Waals surface area contributed by atoms with Crippen LogP contribution >= 0.6 is 0 Å². The van der Waals surface area contributed by atoms with E-state index in [1.54, 1.807) is 0 Å². The standard InChI is InChI=1S/C17H10F8N2O3/c18-12-5-9(15(19,20)21)2-1-8(12)7-26-14(28)27-10-3-4-13-11(6-10)16(22,23)30-17(24,25)29-13/h1-6H,7H2,(H2,26,27,28). The van der Waals surface area contributed by atoms with Crippen LogP contribution in [0.5, 0.6) is 5.75 Å². The Morgan fingerprint density at radius 3 is 2.37 bits per heavy atom. The highest BCUT2D eigenvalue weighted by molar-refractivity contribution is 5.89. The molecule has 3 rings (SSSR count). The maximum Gasteiger partial charge on any atom is 0.540 e. The molecule has 1 aliphatic heterocycles. The Bertz CT molecular complexity index is 978. The molecule has 2 aromatic rings. The molecule has 5 nitrogen and oxygen atoms in total. The van der Waals surface area contributed by atoms with Gasteiger partial charge < -0.3 is 15.4 Å². The van der Waals surface area contributed by atoms with Crippen LogP contribution in [0.2, 0.25) is 0 Å².